The molecule has 1 N–H and O–H groups in total. The molecular formula is C15H20O3. The van der Waals surface area contributed by atoms with Crippen molar-refractivity contribution >= 4 is 11.6 Å². The molecule has 0 bridgehead atoms. The number of aliphatic hydroxyl groups excluding tert-OH is 1. The van der Waals surface area contributed by atoms with E-state index in [0.717, 1.165) is 11.1 Å². The fourth-order valence-electron chi connectivity index (χ4n) is 4.29. The minimum absolute atomic E-state index is 0.0775. The van der Waals surface area contributed by atoms with E-state index in [2.05, 4.69) is 6.92 Å². The third-order valence-corrected chi connectivity index (χ3v) is 5.85. The molecular weight excluding hydrogens is 228 g/mol. The summed E-state index contributed by atoms with van der Waals surface area (Å²) in [5, 5.41) is 10.5. The van der Waals surface area contributed by atoms with Crippen molar-refractivity contribution in [3.8, 4) is 0 Å². The lowest BCUT2D eigenvalue weighted by Gasteiger charge is -2.36. The summed E-state index contributed by atoms with van der Waals surface area (Å²) in [5.74, 6) is 0.504. The molecule has 0 amide bonds. The molecule has 0 radical (unpaired) electrons. The van der Waals surface area contributed by atoms with Crippen LogP contribution in [0.4, 0.5) is 0 Å². The fraction of sp³-hybridized carbons (Fsp3) is 0.733. The topological polar surface area (TPSA) is 54.4 Å². The van der Waals surface area contributed by atoms with E-state index >= 15 is 0 Å². The minimum Gasteiger partial charge on any atom is -0.388 e. The molecule has 4 unspecified atom stereocenters. The Morgan fingerprint density at radius 2 is 1.78 bits per heavy atom. The summed E-state index contributed by atoms with van der Waals surface area (Å²) in [4.78, 5) is 24.3. The highest BCUT2D eigenvalue weighted by Gasteiger charge is 2.63. The van der Waals surface area contributed by atoms with E-state index in [1.54, 1.807) is 13.8 Å². The summed E-state index contributed by atoms with van der Waals surface area (Å²) >= 11 is 0. The Kier molecular flexibility index (Phi) is 2.10. The second-order valence-electron chi connectivity index (χ2n) is 6.92. The smallest absolute Gasteiger partial charge is 0.167 e. The van der Waals surface area contributed by atoms with Crippen molar-refractivity contribution in [3.05, 3.63) is 11.1 Å². The SMILES string of the molecule is CC1C(=O)CC2CC3=C(C(O)C(C)(C)C3=O)C21C. The normalized spacial score (nSPS) is 45.7. The number of aliphatic hydroxyl groups is 1. The van der Waals surface area contributed by atoms with E-state index < -0.39 is 11.5 Å². The molecule has 1 fully saturated rings. The summed E-state index contributed by atoms with van der Waals surface area (Å²) < 4.78 is 0. The Morgan fingerprint density at radius 1 is 1.17 bits per heavy atom. The van der Waals surface area contributed by atoms with Gasteiger partial charge in [-0.05, 0) is 37.3 Å². The zero-order valence-electron chi connectivity index (χ0n) is 11.4. The fourth-order valence-corrected chi connectivity index (χ4v) is 4.29. The van der Waals surface area contributed by atoms with Crippen LogP contribution in [-0.2, 0) is 9.59 Å². The van der Waals surface area contributed by atoms with Gasteiger partial charge in [-0.15, -0.1) is 0 Å². The second-order valence-corrected chi connectivity index (χ2v) is 6.92. The number of carbonyl (C=O) groups is 2. The number of allylic oxidation sites excluding steroid dienone is 1. The molecule has 0 spiro atoms. The Labute approximate surface area is 107 Å². The molecule has 0 aromatic heterocycles. The van der Waals surface area contributed by atoms with E-state index in [4.69, 9.17) is 0 Å². The molecule has 3 aliphatic rings. The minimum atomic E-state index is -0.719. The molecule has 3 heteroatoms. The van der Waals surface area contributed by atoms with Gasteiger partial charge in [0.1, 0.15) is 5.78 Å². The highest BCUT2D eigenvalue weighted by atomic mass is 16.3. The average Bonchev–Trinajstić information content (AvgIpc) is 2.76. The van der Waals surface area contributed by atoms with Crippen LogP contribution in [0.5, 0.6) is 0 Å². The largest absolute Gasteiger partial charge is 0.388 e. The standard InChI is InChI=1S/C15H20O3/c1-7-10(16)6-8-5-9-11(15(7,8)4)13(18)14(2,3)12(9)17/h7-8,13,18H,5-6H2,1-4H3. The van der Waals surface area contributed by atoms with E-state index in [9.17, 15) is 14.7 Å². The first-order chi connectivity index (χ1) is 8.22. The summed E-state index contributed by atoms with van der Waals surface area (Å²) in [6.07, 6.45) is 0.523. The van der Waals surface area contributed by atoms with Gasteiger partial charge in [0.05, 0.1) is 11.5 Å². The molecule has 0 saturated heterocycles. The van der Waals surface area contributed by atoms with Crippen molar-refractivity contribution in [3.63, 3.8) is 0 Å². The van der Waals surface area contributed by atoms with E-state index in [1.165, 1.54) is 0 Å². The van der Waals surface area contributed by atoms with Crippen LogP contribution in [0.25, 0.3) is 0 Å². The molecule has 0 heterocycles. The molecule has 3 aliphatic carbocycles. The maximum Gasteiger partial charge on any atom is 0.167 e. The van der Waals surface area contributed by atoms with Crippen molar-refractivity contribution in [1.29, 1.82) is 0 Å². The predicted molar refractivity (Wildman–Crippen MR) is 66.8 cm³/mol. The number of hydrogen-bond acceptors (Lipinski definition) is 3. The monoisotopic (exact) mass is 248 g/mol. The van der Waals surface area contributed by atoms with Gasteiger partial charge in [-0.25, -0.2) is 0 Å². The number of Topliss-reactive ketones (excluding diaryl/α,β-unsaturated/α-hetero) is 2. The van der Waals surface area contributed by atoms with Crippen molar-refractivity contribution < 1.29 is 14.7 Å². The van der Waals surface area contributed by atoms with Gasteiger partial charge in [0, 0.05) is 17.8 Å². The third-order valence-electron chi connectivity index (χ3n) is 5.85. The summed E-state index contributed by atoms with van der Waals surface area (Å²) in [6.45, 7) is 7.62. The lowest BCUT2D eigenvalue weighted by atomic mass is 9.68. The molecule has 0 aromatic rings. The van der Waals surface area contributed by atoms with Gasteiger partial charge in [0.25, 0.3) is 0 Å². The summed E-state index contributed by atoms with van der Waals surface area (Å²) in [6, 6.07) is 0. The van der Waals surface area contributed by atoms with Crippen LogP contribution in [0.3, 0.4) is 0 Å². The van der Waals surface area contributed by atoms with E-state index in [0.29, 0.717) is 12.8 Å². The first kappa shape index (κ1) is 12.1. The highest BCUT2D eigenvalue weighted by molar-refractivity contribution is 6.05. The third kappa shape index (κ3) is 1.05. The molecule has 4 atom stereocenters. The zero-order valence-corrected chi connectivity index (χ0v) is 11.4. The quantitative estimate of drug-likeness (QED) is 0.712. The van der Waals surface area contributed by atoms with Crippen LogP contribution in [0.2, 0.25) is 0 Å². The first-order valence-corrected chi connectivity index (χ1v) is 6.71. The number of fused-ring (bicyclic) bond motifs is 2. The summed E-state index contributed by atoms with van der Waals surface area (Å²) in [5.41, 5.74) is 0.680. The number of hydrogen-bond donors (Lipinski definition) is 1. The maximum absolute atomic E-state index is 12.4. The number of ketones is 2. The van der Waals surface area contributed by atoms with Gasteiger partial charge >= 0.3 is 0 Å². The zero-order chi connectivity index (χ0) is 13.5. The molecule has 0 aliphatic heterocycles. The van der Waals surface area contributed by atoms with Gasteiger partial charge in [-0.3, -0.25) is 9.59 Å². The lowest BCUT2D eigenvalue weighted by Crippen LogP contribution is -2.39. The van der Waals surface area contributed by atoms with E-state index in [-0.39, 0.29) is 28.8 Å². The van der Waals surface area contributed by atoms with Gasteiger partial charge in [-0.1, -0.05) is 13.8 Å². The van der Waals surface area contributed by atoms with Crippen LogP contribution in [0.1, 0.15) is 40.5 Å². The average molecular weight is 248 g/mol. The number of rotatable bonds is 0. The van der Waals surface area contributed by atoms with Gasteiger partial charge in [0.15, 0.2) is 5.78 Å². The molecule has 98 valence electrons. The molecule has 1 saturated carbocycles. The molecule has 3 nitrogen and oxygen atoms in total. The highest BCUT2D eigenvalue weighted by Crippen LogP contribution is 2.63. The van der Waals surface area contributed by atoms with Gasteiger partial charge < -0.3 is 5.11 Å². The Bertz CT molecular complexity index is 500. The van der Waals surface area contributed by atoms with Crippen molar-refractivity contribution in [2.75, 3.05) is 0 Å². The van der Waals surface area contributed by atoms with Gasteiger partial charge in [0.2, 0.25) is 0 Å². The first-order valence-electron chi connectivity index (χ1n) is 6.71. The molecule has 18 heavy (non-hydrogen) atoms. The maximum atomic E-state index is 12.4. The van der Waals surface area contributed by atoms with Crippen molar-refractivity contribution in [2.45, 2.75) is 46.6 Å². The van der Waals surface area contributed by atoms with Gasteiger partial charge in [-0.2, -0.15) is 0 Å². The second kappa shape index (κ2) is 3.13. The Hall–Kier alpha value is -0.960. The lowest BCUT2D eigenvalue weighted by molar-refractivity contribution is -0.126. The van der Waals surface area contributed by atoms with Crippen LogP contribution in [0, 0.1) is 22.7 Å². The van der Waals surface area contributed by atoms with Crippen molar-refractivity contribution in [2.24, 2.45) is 22.7 Å². The molecule has 0 aromatic carbocycles. The van der Waals surface area contributed by atoms with Crippen LogP contribution in [0.15, 0.2) is 11.1 Å². The Morgan fingerprint density at radius 3 is 2.39 bits per heavy atom. The Balaban J connectivity index is 2.15. The van der Waals surface area contributed by atoms with Crippen LogP contribution < -0.4 is 0 Å². The van der Waals surface area contributed by atoms with Crippen molar-refractivity contribution in [1.82, 2.24) is 0 Å². The molecule has 3 rings (SSSR count). The summed E-state index contributed by atoms with van der Waals surface area (Å²) in [7, 11) is 0. The predicted octanol–water partition coefficient (Wildman–Crippen LogP) is 1.89. The van der Waals surface area contributed by atoms with E-state index in [1.807, 2.05) is 6.92 Å². The number of carbonyl (C=O) groups excluding carboxylic acids is 2. The van der Waals surface area contributed by atoms with Crippen LogP contribution >= 0.6 is 0 Å². The van der Waals surface area contributed by atoms with Crippen LogP contribution in [-0.4, -0.2) is 22.8 Å².